The second-order valence-corrected chi connectivity index (χ2v) is 2.75. The third kappa shape index (κ3) is 2.06. The van der Waals surface area contributed by atoms with Gasteiger partial charge >= 0.3 is 0 Å². The van der Waals surface area contributed by atoms with Gasteiger partial charge in [-0.25, -0.2) is 0 Å². The van der Waals surface area contributed by atoms with Crippen molar-refractivity contribution in [3.8, 4) is 0 Å². The average Bonchev–Trinajstić information content (AvgIpc) is 2.52. The fraction of sp³-hybridized carbons (Fsp3) is 0.625. The second kappa shape index (κ2) is 4.23. The molecule has 1 unspecified atom stereocenters. The molecule has 0 amide bonds. The number of nitrogens with two attached hydrogens (primary N) is 1. The lowest BCUT2D eigenvalue weighted by molar-refractivity contribution is 0.276. The number of aryl methyl sites for hydroxylation is 1. The topological polar surface area (TPSA) is 64.1 Å². The first-order chi connectivity index (χ1) is 5.77. The molecule has 0 bridgehead atoms. The Labute approximate surface area is 72.0 Å². The van der Waals surface area contributed by atoms with Gasteiger partial charge in [-0.2, -0.15) is 5.10 Å². The molecule has 1 aromatic rings. The second-order valence-electron chi connectivity index (χ2n) is 2.75. The van der Waals surface area contributed by atoms with E-state index in [-0.39, 0.29) is 12.6 Å². The fourth-order valence-corrected chi connectivity index (χ4v) is 1.05. The highest BCUT2D eigenvalue weighted by Crippen LogP contribution is 2.11. The summed E-state index contributed by atoms with van der Waals surface area (Å²) in [5.41, 5.74) is 6.75. The van der Waals surface area contributed by atoms with Crippen LogP contribution >= 0.6 is 0 Å². The number of aliphatic hydroxyl groups excluding tert-OH is 1. The van der Waals surface area contributed by atoms with E-state index < -0.39 is 0 Å². The van der Waals surface area contributed by atoms with E-state index in [1.54, 1.807) is 6.20 Å². The molecule has 0 aliphatic carbocycles. The highest BCUT2D eigenvalue weighted by molar-refractivity contribution is 5.09. The van der Waals surface area contributed by atoms with Crippen LogP contribution in [0.5, 0.6) is 0 Å². The molecule has 1 aromatic heterocycles. The number of aliphatic hydroxyl groups is 1. The molecule has 0 saturated heterocycles. The number of hydrogen-bond acceptors (Lipinski definition) is 3. The Kier molecular flexibility index (Phi) is 3.25. The summed E-state index contributed by atoms with van der Waals surface area (Å²) in [5.74, 6) is 0. The molecule has 0 spiro atoms. The van der Waals surface area contributed by atoms with Crippen molar-refractivity contribution < 1.29 is 5.11 Å². The molecule has 4 nitrogen and oxygen atoms in total. The largest absolute Gasteiger partial charge is 0.396 e. The standard InChI is InChI=1S/C8H15N3O/c1-2-11-6-7(5-10-11)8(9)3-4-12/h5-6,8,12H,2-4,9H2,1H3. The van der Waals surface area contributed by atoms with E-state index in [1.165, 1.54) is 0 Å². The van der Waals surface area contributed by atoms with Crippen molar-refractivity contribution in [1.29, 1.82) is 0 Å². The maximum atomic E-state index is 8.65. The summed E-state index contributed by atoms with van der Waals surface area (Å²) < 4.78 is 1.83. The van der Waals surface area contributed by atoms with Crippen molar-refractivity contribution in [2.75, 3.05) is 6.61 Å². The molecule has 3 N–H and O–H groups in total. The lowest BCUT2D eigenvalue weighted by atomic mass is 10.1. The van der Waals surface area contributed by atoms with Crippen LogP contribution in [0.3, 0.4) is 0 Å². The van der Waals surface area contributed by atoms with Crippen molar-refractivity contribution in [2.24, 2.45) is 5.73 Å². The highest BCUT2D eigenvalue weighted by Gasteiger charge is 2.06. The number of rotatable bonds is 4. The minimum absolute atomic E-state index is 0.0877. The number of hydrogen-bond donors (Lipinski definition) is 2. The molecule has 4 heteroatoms. The molecule has 0 radical (unpaired) electrons. The summed E-state index contributed by atoms with van der Waals surface area (Å²) in [6.45, 7) is 3.00. The van der Waals surface area contributed by atoms with E-state index in [1.807, 2.05) is 17.8 Å². The third-order valence-corrected chi connectivity index (χ3v) is 1.85. The van der Waals surface area contributed by atoms with E-state index >= 15 is 0 Å². The van der Waals surface area contributed by atoms with E-state index in [9.17, 15) is 0 Å². The Balaban J connectivity index is 2.61. The Bertz CT molecular complexity index is 234. The number of nitrogens with zero attached hydrogens (tertiary/aromatic N) is 2. The van der Waals surface area contributed by atoms with E-state index in [0.29, 0.717) is 6.42 Å². The molecule has 68 valence electrons. The van der Waals surface area contributed by atoms with Gasteiger partial charge in [0.2, 0.25) is 0 Å². The van der Waals surface area contributed by atoms with Crippen LogP contribution in [-0.4, -0.2) is 21.5 Å². The SMILES string of the molecule is CCn1cc(C(N)CCO)cn1. The predicted octanol–water partition coefficient (Wildman–Crippen LogP) is 0.285. The molecular weight excluding hydrogens is 154 g/mol. The normalized spacial score (nSPS) is 13.2. The van der Waals surface area contributed by atoms with Gasteiger partial charge in [0, 0.05) is 31.0 Å². The van der Waals surface area contributed by atoms with Crippen molar-refractivity contribution in [3.63, 3.8) is 0 Å². The molecule has 0 fully saturated rings. The average molecular weight is 169 g/mol. The summed E-state index contributed by atoms with van der Waals surface area (Å²) in [6.07, 6.45) is 4.26. The highest BCUT2D eigenvalue weighted by atomic mass is 16.3. The van der Waals surface area contributed by atoms with Gasteiger partial charge in [0.05, 0.1) is 6.20 Å². The zero-order chi connectivity index (χ0) is 8.97. The van der Waals surface area contributed by atoms with Gasteiger partial charge in [0.25, 0.3) is 0 Å². The minimum Gasteiger partial charge on any atom is -0.396 e. The van der Waals surface area contributed by atoms with Gasteiger partial charge in [0.1, 0.15) is 0 Å². The van der Waals surface area contributed by atoms with Crippen LogP contribution in [0.15, 0.2) is 12.4 Å². The van der Waals surface area contributed by atoms with Crippen LogP contribution in [0.2, 0.25) is 0 Å². The van der Waals surface area contributed by atoms with Crippen LogP contribution in [-0.2, 0) is 6.54 Å². The van der Waals surface area contributed by atoms with Gasteiger partial charge in [-0.3, -0.25) is 4.68 Å². The monoisotopic (exact) mass is 169 g/mol. The Morgan fingerprint density at radius 2 is 2.50 bits per heavy atom. The molecule has 0 saturated carbocycles. The first-order valence-electron chi connectivity index (χ1n) is 4.16. The third-order valence-electron chi connectivity index (χ3n) is 1.85. The summed E-state index contributed by atoms with van der Waals surface area (Å²) in [4.78, 5) is 0. The maximum Gasteiger partial charge on any atom is 0.0537 e. The van der Waals surface area contributed by atoms with Crippen LogP contribution in [0.4, 0.5) is 0 Å². The van der Waals surface area contributed by atoms with Crippen LogP contribution < -0.4 is 5.73 Å². The van der Waals surface area contributed by atoms with E-state index in [0.717, 1.165) is 12.1 Å². The summed E-state index contributed by atoms with van der Waals surface area (Å²) in [7, 11) is 0. The molecule has 1 heterocycles. The summed E-state index contributed by atoms with van der Waals surface area (Å²) in [6, 6.07) is -0.0877. The van der Waals surface area contributed by atoms with Gasteiger partial charge in [0.15, 0.2) is 0 Å². The van der Waals surface area contributed by atoms with Gasteiger partial charge in [-0.15, -0.1) is 0 Å². The lowest BCUT2D eigenvalue weighted by Gasteiger charge is -2.05. The van der Waals surface area contributed by atoms with Crippen LogP contribution in [0.25, 0.3) is 0 Å². The summed E-state index contributed by atoms with van der Waals surface area (Å²) in [5, 5.41) is 12.7. The number of aromatic nitrogens is 2. The molecule has 1 atom stereocenters. The summed E-state index contributed by atoms with van der Waals surface area (Å²) >= 11 is 0. The van der Waals surface area contributed by atoms with E-state index in [4.69, 9.17) is 10.8 Å². The molecule has 0 aliphatic heterocycles. The van der Waals surface area contributed by atoms with Crippen molar-refractivity contribution in [1.82, 2.24) is 9.78 Å². The predicted molar refractivity (Wildman–Crippen MR) is 46.5 cm³/mol. The van der Waals surface area contributed by atoms with Gasteiger partial charge in [-0.05, 0) is 13.3 Å². The minimum atomic E-state index is -0.0877. The van der Waals surface area contributed by atoms with Crippen LogP contribution in [0.1, 0.15) is 24.9 Å². The Hall–Kier alpha value is -0.870. The zero-order valence-electron chi connectivity index (χ0n) is 7.27. The molecule has 0 aliphatic rings. The quantitative estimate of drug-likeness (QED) is 0.680. The van der Waals surface area contributed by atoms with Crippen LogP contribution in [0, 0.1) is 0 Å². The maximum absolute atomic E-state index is 8.65. The Morgan fingerprint density at radius 1 is 1.75 bits per heavy atom. The zero-order valence-corrected chi connectivity index (χ0v) is 7.27. The van der Waals surface area contributed by atoms with Crippen molar-refractivity contribution in [3.05, 3.63) is 18.0 Å². The van der Waals surface area contributed by atoms with Gasteiger partial charge in [-0.1, -0.05) is 0 Å². The molecule has 0 aromatic carbocycles. The lowest BCUT2D eigenvalue weighted by Crippen LogP contribution is -2.11. The van der Waals surface area contributed by atoms with E-state index in [2.05, 4.69) is 5.10 Å². The smallest absolute Gasteiger partial charge is 0.0537 e. The van der Waals surface area contributed by atoms with Crippen molar-refractivity contribution in [2.45, 2.75) is 25.9 Å². The fourth-order valence-electron chi connectivity index (χ4n) is 1.05. The molecular formula is C8H15N3O. The first kappa shape index (κ1) is 9.22. The van der Waals surface area contributed by atoms with Crippen molar-refractivity contribution >= 4 is 0 Å². The first-order valence-corrected chi connectivity index (χ1v) is 4.16. The molecule has 12 heavy (non-hydrogen) atoms. The Morgan fingerprint density at radius 3 is 3.00 bits per heavy atom. The molecule has 1 rings (SSSR count). The van der Waals surface area contributed by atoms with Gasteiger partial charge < -0.3 is 10.8 Å².